The molecule has 33 heavy (non-hydrogen) atoms. The lowest BCUT2D eigenvalue weighted by Gasteiger charge is -2.30. The highest BCUT2D eigenvalue weighted by Gasteiger charge is 2.32. The van der Waals surface area contributed by atoms with Gasteiger partial charge in [-0.2, -0.15) is 13.2 Å². The number of nitrogens with one attached hydrogen (secondary N) is 1. The van der Waals surface area contributed by atoms with Crippen molar-refractivity contribution in [3.05, 3.63) is 65.7 Å². The second kappa shape index (κ2) is 11.0. The Hall–Kier alpha value is -3.29. The van der Waals surface area contributed by atoms with E-state index >= 15 is 0 Å². The van der Waals surface area contributed by atoms with Gasteiger partial charge in [0.1, 0.15) is 5.75 Å². The molecular weight excluding hydrogens is 433 g/mol. The number of likely N-dealkylation sites (tertiary alicyclic amines) is 1. The van der Waals surface area contributed by atoms with Crippen LogP contribution in [-0.2, 0) is 15.8 Å². The lowest BCUT2D eigenvalue weighted by Crippen LogP contribution is -2.40. The van der Waals surface area contributed by atoms with Gasteiger partial charge < -0.3 is 15.0 Å². The van der Waals surface area contributed by atoms with Crippen molar-refractivity contribution in [1.29, 1.82) is 0 Å². The number of ether oxygens (including phenoxy) is 1. The van der Waals surface area contributed by atoms with Crippen LogP contribution in [-0.4, -0.2) is 36.4 Å². The van der Waals surface area contributed by atoms with Gasteiger partial charge in [-0.3, -0.25) is 9.59 Å². The van der Waals surface area contributed by atoms with Gasteiger partial charge >= 0.3 is 6.18 Å². The molecule has 1 N–H and O–H groups in total. The second-order valence-corrected chi connectivity index (χ2v) is 7.89. The Bertz CT molecular complexity index is 982. The van der Waals surface area contributed by atoms with Gasteiger partial charge in [-0.05, 0) is 49.1 Å². The van der Waals surface area contributed by atoms with Crippen molar-refractivity contribution in [1.82, 2.24) is 4.90 Å². The van der Waals surface area contributed by atoms with E-state index in [4.69, 9.17) is 4.74 Å². The van der Waals surface area contributed by atoms with Crippen LogP contribution in [0, 0.1) is 5.92 Å². The molecule has 0 saturated carbocycles. The second-order valence-electron chi connectivity index (χ2n) is 7.89. The third-order valence-corrected chi connectivity index (χ3v) is 5.42. The maximum atomic E-state index is 13.1. The predicted octanol–water partition coefficient (Wildman–Crippen LogP) is 5.38. The van der Waals surface area contributed by atoms with E-state index in [1.165, 1.54) is 12.1 Å². The van der Waals surface area contributed by atoms with Crippen LogP contribution >= 0.6 is 0 Å². The number of alkyl halides is 3. The SMILES string of the molecule is CCCOc1ccc(C(F)(F)F)cc1NC(=O)C1CCN(C(=O)C=Cc2ccccc2)CC1. The maximum absolute atomic E-state index is 13.1. The molecule has 0 aliphatic carbocycles. The quantitative estimate of drug-likeness (QED) is 0.564. The molecular formula is C25H27F3N2O3. The first-order valence-corrected chi connectivity index (χ1v) is 10.9. The first-order chi connectivity index (χ1) is 15.8. The minimum absolute atomic E-state index is 0.00701. The monoisotopic (exact) mass is 460 g/mol. The van der Waals surface area contributed by atoms with E-state index in [2.05, 4.69) is 5.32 Å². The highest BCUT2D eigenvalue weighted by molar-refractivity contribution is 5.95. The number of hydrogen-bond acceptors (Lipinski definition) is 3. The molecule has 1 fully saturated rings. The molecule has 8 heteroatoms. The van der Waals surface area contributed by atoms with E-state index in [-0.39, 0.29) is 23.3 Å². The van der Waals surface area contributed by atoms with Crippen LogP contribution in [0.1, 0.15) is 37.3 Å². The van der Waals surface area contributed by atoms with E-state index in [0.717, 1.165) is 17.7 Å². The first kappa shape index (κ1) is 24.4. The zero-order chi connectivity index (χ0) is 23.8. The highest BCUT2D eigenvalue weighted by atomic mass is 19.4. The van der Waals surface area contributed by atoms with Crippen LogP contribution in [0.2, 0.25) is 0 Å². The summed E-state index contributed by atoms with van der Waals surface area (Å²) in [5.41, 5.74) is 0.0714. The molecule has 1 heterocycles. The Morgan fingerprint density at radius 2 is 1.82 bits per heavy atom. The van der Waals surface area contributed by atoms with E-state index < -0.39 is 17.7 Å². The highest BCUT2D eigenvalue weighted by Crippen LogP contribution is 2.35. The van der Waals surface area contributed by atoms with E-state index in [0.29, 0.717) is 39.0 Å². The molecule has 176 valence electrons. The third kappa shape index (κ3) is 6.84. The smallest absolute Gasteiger partial charge is 0.416 e. The minimum atomic E-state index is -4.53. The van der Waals surface area contributed by atoms with E-state index in [9.17, 15) is 22.8 Å². The molecule has 1 aliphatic heterocycles. The van der Waals surface area contributed by atoms with Gasteiger partial charge in [0.25, 0.3) is 0 Å². The number of benzene rings is 2. The summed E-state index contributed by atoms with van der Waals surface area (Å²) in [6, 6.07) is 12.5. The molecule has 0 bridgehead atoms. The zero-order valence-electron chi connectivity index (χ0n) is 18.4. The first-order valence-electron chi connectivity index (χ1n) is 10.9. The lowest BCUT2D eigenvalue weighted by molar-refractivity contribution is -0.137. The summed E-state index contributed by atoms with van der Waals surface area (Å²) in [5, 5.41) is 2.61. The molecule has 5 nitrogen and oxygen atoms in total. The summed E-state index contributed by atoms with van der Waals surface area (Å²) in [4.78, 5) is 26.9. The predicted molar refractivity (Wildman–Crippen MR) is 121 cm³/mol. The van der Waals surface area contributed by atoms with Crippen LogP contribution < -0.4 is 10.1 Å². The average Bonchev–Trinajstić information content (AvgIpc) is 2.81. The molecule has 1 aliphatic rings. The van der Waals surface area contributed by atoms with Crippen molar-refractivity contribution >= 4 is 23.6 Å². The van der Waals surface area contributed by atoms with Crippen LogP contribution in [0.3, 0.4) is 0 Å². The number of rotatable bonds is 7. The third-order valence-electron chi connectivity index (χ3n) is 5.42. The Kier molecular flexibility index (Phi) is 8.14. The Morgan fingerprint density at radius 3 is 2.45 bits per heavy atom. The van der Waals surface area contributed by atoms with Crippen LogP contribution in [0.5, 0.6) is 5.75 Å². The fourth-order valence-corrected chi connectivity index (χ4v) is 3.58. The van der Waals surface area contributed by atoms with Crippen molar-refractivity contribution in [3.8, 4) is 5.75 Å². The fourth-order valence-electron chi connectivity index (χ4n) is 3.58. The molecule has 2 aromatic rings. The average molecular weight is 460 g/mol. The summed E-state index contributed by atoms with van der Waals surface area (Å²) < 4.78 is 44.9. The topological polar surface area (TPSA) is 58.6 Å². The van der Waals surface area contributed by atoms with Crippen molar-refractivity contribution in [2.45, 2.75) is 32.4 Å². The van der Waals surface area contributed by atoms with Gasteiger partial charge in [0.2, 0.25) is 11.8 Å². The summed E-state index contributed by atoms with van der Waals surface area (Å²) in [6.07, 6.45) is 0.269. The van der Waals surface area contributed by atoms with Crippen molar-refractivity contribution in [2.24, 2.45) is 5.92 Å². The molecule has 0 unspecified atom stereocenters. The fraction of sp³-hybridized carbons (Fsp3) is 0.360. The molecule has 3 rings (SSSR count). The van der Waals surface area contributed by atoms with Crippen LogP contribution in [0.15, 0.2) is 54.6 Å². The number of carbonyl (C=O) groups excluding carboxylic acids is 2. The van der Waals surface area contributed by atoms with Gasteiger partial charge in [-0.1, -0.05) is 37.3 Å². The Morgan fingerprint density at radius 1 is 1.12 bits per heavy atom. The van der Waals surface area contributed by atoms with Gasteiger partial charge in [0.05, 0.1) is 17.9 Å². The van der Waals surface area contributed by atoms with Gasteiger partial charge in [-0.25, -0.2) is 0 Å². The molecule has 1 saturated heterocycles. The summed E-state index contributed by atoms with van der Waals surface area (Å²) in [5.74, 6) is -0.703. The van der Waals surface area contributed by atoms with Crippen molar-refractivity contribution in [2.75, 3.05) is 25.0 Å². The summed E-state index contributed by atoms with van der Waals surface area (Å²) in [6.45, 7) is 3.01. The number of piperidine rings is 1. The van der Waals surface area contributed by atoms with Crippen LogP contribution in [0.4, 0.5) is 18.9 Å². The number of amides is 2. The number of hydrogen-bond donors (Lipinski definition) is 1. The largest absolute Gasteiger partial charge is 0.491 e. The molecule has 2 aromatic carbocycles. The van der Waals surface area contributed by atoms with E-state index in [1.807, 2.05) is 37.3 Å². The minimum Gasteiger partial charge on any atom is -0.491 e. The zero-order valence-corrected chi connectivity index (χ0v) is 18.4. The molecule has 2 amide bonds. The molecule has 0 spiro atoms. The Labute approximate surface area is 191 Å². The van der Waals surface area contributed by atoms with Crippen molar-refractivity contribution in [3.63, 3.8) is 0 Å². The van der Waals surface area contributed by atoms with Crippen molar-refractivity contribution < 1.29 is 27.5 Å². The van der Waals surface area contributed by atoms with Gasteiger partial charge in [-0.15, -0.1) is 0 Å². The van der Waals surface area contributed by atoms with Crippen LogP contribution in [0.25, 0.3) is 6.08 Å². The number of nitrogens with zero attached hydrogens (tertiary/aromatic N) is 1. The molecule has 0 radical (unpaired) electrons. The molecule has 0 atom stereocenters. The standard InChI is InChI=1S/C25H27F3N2O3/c1-2-16-33-22-10-9-20(25(26,27)28)17-21(22)29-24(32)19-12-14-30(15-13-19)23(31)11-8-18-6-4-3-5-7-18/h3-11,17,19H,2,12-16H2,1H3,(H,29,32). The summed E-state index contributed by atoms with van der Waals surface area (Å²) in [7, 11) is 0. The Balaban J connectivity index is 1.60. The normalized spacial score (nSPS) is 15.0. The number of carbonyl (C=O) groups is 2. The maximum Gasteiger partial charge on any atom is 0.416 e. The van der Waals surface area contributed by atoms with E-state index in [1.54, 1.807) is 11.0 Å². The molecule has 0 aromatic heterocycles. The summed E-state index contributed by atoms with van der Waals surface area (Å²) >= 11 is 0. The van der Waals surface area contributed by atoms with Gasteiger partial charge in [0.15, 0.2) is 0 Å². The number of anilines is 1. The number of halogens is 3. The lowest BCUT2D eigenvalue weighted by atomic mass is 9.95. The van der Waals surface area contributed by atoms with Gasteiger partial charge in [0, 0.05) is 25.1 Å².